The van der Waals surface area contributed by atoms with Crippen LogP contribution in [0.25, 0.3) is 0 Å². The Bertz CT molecular complexity index is 304. The van der Waals surface area contributed by atoms with Crippen LogP contribution in [-0.2, 0) is 9.47 Å². The van der Waals surface area contributed by atoms with E-state index in [1.165, 1.54) is 7.11 Å². The highest BCUT2D eigenvalue weighted by atomic mass is 16.6. The van der Waals surface area contributed by atoms with Crippen LogP contribution in [0.5, 0.6) is 0 Å². The molecular formula is C13H26N2O4. The summed E-state index contributed by atoms with van der Waals surface area (Å²) in [5.41, 5.74) is 5.44. The first-order chi connectivity index (χ1) is 8.74. The molecule has 6 heteroatoms. The molecule has 0 bridgehead atoms. The second-order valence-electron chi connectivity index (χ2n) is 6.03. The van der Waals surface area contributed by atoms with Crippen molar-refractivity contribution in [2.24, 2.45) is 11.7 Å². The van der Waals surface area contributed by atoms with Gasteiger partial charge in [-0.25, -0.2) is 4.79 Å². The SMILES string of the molecule is COC(O)C(N)C1CCCN(C(=O)OC(C)(C)C)C1. The second kappa shape index (κ2) is 6.54. The largest absolute Gasteiger partial charge is 0.444 e. The average Bonchev–Trinajstić information content (AvgIpc) is 2.35. The van der Waals surface area contributed by atoms with Gasteiger partial charge in [-0.3, -0.25) is 0 Å². The number of methoxy groups -OCH3 is 1. The summed E-state index contributed by atoms with van der Waals surface area (Å²) in [4.78, 5) is 13.6. The minimum Gasteiger partial charge on any atom is -0.444 e. The number of amides is 1. The highest BCUT2D eigenvalue weighted by Crippen LogP contribution is 2.22. The molecule has 1 heterocycles. The van der Waals surface area contributed by atoms with Gasteiger partial charge in [0.2, 0.25) is 0 Å². The van der Waals surface area contributed by atoms with Crippen molar-refractivity contribution < 1.29 is 19.4 Å². The van der Waals surface area contributed by atoms with Crippen molar-refractivity contribution in [1.82, 2.24) is 4.90 Å². The van der Waals surface area contributed by atoms with Crippen LogP contribution in [0.4, 0.5) is 4.79 Å². The molecule has 1 rings (SSSR count). The van der Waals surface area contributed by atoms with E-state index in [2.05, 4.69) is 0 Å². The van der Waals surface area contributed by atoms with Crippen molar-refractivity contribution in [3.63, 3.8) is 0 Å². The third kappa shape index (κ3) is 4.97. The fourth-order valence-electron chi connectivity index (χ4n) is 2.21. The molecule has 3 unspecified atom stereocenters. The molecule has 6 nitrogen and oxygen atoms in total. The lowest BCUT2D eigenvalue weighted by Gasteiger charge is -2.37. The molecule has 0 aromatic heterocycles. The first-order valence-corrected chi connectivity index (χ1v) is 6.69. The van der Waals surface area contributed by atoms with Crippen LogP contribution in [0.2, 0.25) is 0 Å². The summed E-state index contributed by atoms with van der Waals surface area (Å²) >= 11 is 0. The van der Waals surface area contributed by atoms with Gasteiger partial charge in [-0.05, 0) is 39.5 Å². The molecule has 19 heavy (non-hydrogen) atoms. The van der Waals surface area contributed by atoms with Crippen LogP contribution < -0.4 is 5.73 Å². The molecular weight excluding hydrogens is 248 g/mol. The van der Waals surface area contributed by atoms with E-state index in [0.717, 1.165) is 12.8 Å². The summed E-state index contributed by atoms with van der Waals surface area (Å²) in [7, 11) is 1.42. The van der Waals surface area contributed by atoms with E-state index < -0.39 is 17.9 Å². The van der Waals surface area contributed by atoms with E-state index in [0.29, 0.717) is 13.1 Å². The number of ether oxygens (including phenoxy) is 2. The predicted molar refractivity (Wildman–Crippen MR) is 71.5 cm³/mol. The molecule has 3 N–H and O–H groups in total. The highest BCUT2D eigenvalue weighted by molar-refractivity contribution is 5.68. The zero-order valence-corrected chi connectivity index (χ0v) is 12.3. The lowest BCUT2D eigenvalue weighted by molar-refractivity contribution is -0.105. The smallest absolute Gasteiger partial charge is 0.410 e. The monoisotopic (exact) mass is 274 g/mol. The van der Waals surface area contributed by atoms with Crippen molar-refractivity contribution in [3.05, 3.63) is 0 Å². The molecule has 1 aliphatic heterocycles. The van der Waals surface area contributed by atoms with E-state index in [1.54, 1.807) is 4.90 Å². The summed E-state index contributed by atoms with van der Waals surface area (Å²) in [6.07, 6.45) is 0.412. The summed E-state index contributed by atoms with van der Waals surface area (Å²) < 4.78 is 10.2. The van der Waals surface area contributed by atoms with Gasteiger partial charge in [-0.1, -0.05) is 0 Å². The van der Waals surface area contributed by atoms with Crippen LogP contribution >= 0.6 is 0 Å². The van der Waals surface area contributed by atoms with Crippen molar-refractivity contribution >= 4 is 6.09 Å². The number of rotatable bonds is 3. The number of nitrogens with two attached hydrogens (primary N) is 1. The summed E-state index contributed by atoms with van der Waals surface area (Å²) in [5, 5.41) is 9.61. The zero-order chi connectivity index (χ0) is 14.6. The Morgan fingerprint density at radius 2 is 2.11 bits per heavy atom. The van der Waals surface area contributed by atoms with E-state index >= 15 is 0 Å². The standard InChI is InChI=1S/C13H26N2O4/c1-13(2,3)19-12(17)15-7-5-6-9(8-15)10(14)11(16)18-4/h9-11,16H,5-8,14H2,1-4H3. The lowest BCUT2D eigenvalue weighted by atomic mass is 9.91. The fourth-order valence-corrected chi connectivity index (χ4v) is 2.21. The van der Waals surface area contributed by atoms with Crippen molar-refractivity contribution in [2.75, 3.05) is 20.2 Å². The topological polar surface area (TPSA) is 85.0 Å². The van der Waals surface area contributed by atoms with E-state index in [9.17, 15) is 9.90 Å². The Hall–Kier alpha value is -0.850. The first-order valence-electron chi connectivity index (χ1n) is 6.69. The van der Waals surface area contributed by atoms with Crippen molar-refractivity contribution in [1.29, 1.82) is 0 Å². The lowest BCUT2D eigenvalue weighted by Crippen LogP contribution is -2.51. The van der Waals surface area contributed by atoms with Crippen LogP contribution in [0.3, 0.4) is 0 Å². The number of aliphatic hydroxyl groups excluding tert-OH is 1. The summed E-state index contributed by atoms with van der Waals surface area (Å²) in [6.45, 7) is 6.68. The maximum atomic E-state index is 12.0. The van der Waals surface area contributed by atoms with Gasteiger partial charge in [0.15, 0.2) is 6.29 Å². The van der Waals surface area contributed by atoms with Crippen molar-refractivity contribution in [2.45, 2.75) is 51.5 Å². The Balaban J connectivity index is 2.57. The second-order valence-corrected chi connectivity index (χ2v) is 6.03. The fraction of sp³-hybridized carbons (Fsp3) is 0.923. The van der Waals surface area contributed by atoms with Crippen LogP contribution in [0.1, 0.15) is 33.6 Å². The minimum absolute atomic E-state index is 0.0243. The van der Waals surface area contributed by atoms with Gasteiger partial charge in [0.25, 0.3) is 0 Å². The highest BCUT2D eigenvalue weighted by Gasteiger charge is 2.33. The van der Waals surface area contributed by atoms with Gasteiger partial charge >= 0.3 is 6.09 Å². The van der Waals surface area contributed by atoms with E-state index in [-0.39, 0.29) is 12.0 Å². The van der Waals surface area contributed by atoms with Gasteiger partial charge in [0, 0.05) is 20.2 Å². The Morgan fingerprint density at radius 3 is 2.63 bits per heavy atom. The third-order valence-corrected chi connectivity index (χ3v) is 3.22. The molecule has 0 aliphatic carbocycles. The molecule has 3 atom stereocenters. The summed E-state index contributed by atoms with van der Waals surface area (Å²) in [6, 6.07) is -0.491. The number of nitrogens with zero attached hydrogens (tertiary/aromatic N) is 1. The Kier molecular flexibility index (Phi) is 5.58. The molecule has 1 amide bonds. The van der Waals surface area contributed by atoms with Crippen LogP contribution in [-0.4, -0.2) is 54.2 Å². The van der Waals surface area contributed by atoms with Gasteiger partial charge < -0.3 is 25.2 Å². The Morgan fingerprint density at radius 1 is 1.47 bits per heavy atom. The zero-order valence-electron chi connectivity index (χ0n) is 12.3. The quantitative estimate of drug-likeness (QED) is 0.748. The predicted octanol–water partition coefficient (Wildman–Crippen LogP) is 0.926. The normalized spacial score (nSPS) is 23.9. The van der Waals surface area contributed by atoms with Crippen LogP contribution in [0.15, 0.2) is 0 Å². The maximum absolute atomic E-state index is 12.0. The minimum atomic E-state index is -0.997. The van der Waals surface area contributed by atoms with Gasteiger partial charge in [-0.2, -0.15) is 0 Å². The van der Waals surface area contributed by atoms with Gasteiger partial charge in [0.1, 0.15) is 5.60 Å². The molecule has 0 saturated carbocycles. The van der Waals surface area contributed by atoms with Crippen molar-refractivity contribution in [3.8, 4) is 0 Å². The molecule has 1 aliphatic rings. The van der Waals surface area contributed by atoms with Crippen LogP contribution in [0, 0.1) is 5.92 Å². The molecule has 0 aromatic carbocycles. The van der Waals surface area contributed by atoms with Gasteiger partial charge in [-0.15, -0.1) is 0 Å². The molecule has 0 aromatic rings. The molecule has 112 valence electrons. The maximum Gasteiger partial charge on any atom is 0.410 e. The molecule has 1 saturated heterocycles. The average molecular weight is 274 g/mol. The van der Waals surface area contributed by atoms with E-state index in [1.807, 2.05) is 20.8 Å². The summed E-state index contributed by atoms with van der Waals surface area (Å²) in [5.74, 6) is 0.0243. The first kappa shape index (κ1) is 16.2. The molecule has 1 fully saturated rings. The van der Waals surface area contributed by atoms with Gasteiger partial charge in [0.05, 0.1) is 6.04 Å². The Labute approximate surface area is 114 Å². The molecule has 0 radical (unpaired) electrons. The number of hydrogen-bond donors (Lipinski definition) is 2. The molecule has 0 spiro atoms. The number of piperidine rings is 1. The third-order valence-electron chi connectivity index (χ3n) is 3.22. The number of likely N-dealkylation sites (tertiary alicyclic amines) is 1. The number of carbonyl (C=O) groups excluding carboxylic acids is 1. The number of hydrogen-bond acceptors (Lipinski definition) is 5. The number of carbonyl (C=O) groups is 1. The number of aliphatic hydroxyl groups is 1. The van der Waals surface area contributed by atoms with E-state index in [4.69, 9.17) is 15.2 Å².